The van der Waals surface area contributed by atoms with E-state index in [4.69, 9.17) is 0 Å². The third kappa shape index (κ3) is 3.23. The van der Waals surface area contributed by atoms with Crippen molar-refractivity contribution in [2.75, 3.05) is 18.5 Å². The normalized spacial score (nSPS) is 13.2. The molecule has 1 heterocycles. The maximum absolute atomic E-state index is 9.53. The number of aliphatic hydroxyl groups is 1. The minimum absolute atomic E-state index is 0.283. The van der Waals surface area contributed by atoms with E-state index in [-0.39, 0.29) is 6.10 Å². The molecule has 2 N–H and O–H groups in total. The summed E-state index contributed by atoms with van der Waals surface area (Å²) < 4.78 is 0. The maximum Gasteiger partial charge on any atom is 0.150 e. The summed E-state index contributed by atoms with van der Waals surface area (Å²) >= 11 is 0. The van der Waals surface area contributed by atoms with Gasteiger partial charge in [0.2, 0.25) is 0 Å². The first-order valence-electron chi connectivity index (χ1n) is 5.49. The van der Waals surface area contributed by atoms with Crippen LogP contribution in [0.3, 0.4) is 0 Å². The van der Waals surface area contributed by atoms with Crippen molar-refractivity contribution in [2.45, 2.75) is 39.2 Å². The molecular formula is C11H21N3O. The van der Waals surface area contributed by atoms with E-state index in [2.05, 4.69) is 24.0 Å². The van der Waals surface area contributed by atoms with E-state index in [1.807, 2.05) is 24.9 Å². The first kappa shape index (κ1) is 12.0. The second-order valence-corrected chi connectivity index (χ2v) is 4.28. The molecule has 0 saturated carbocycles. The number of rotatable bonds is 5. The highest BCUT2D eigenvalue weighted by molar-refractivity contribution is 5.39. The van der Waals surface area contributed by atoms with Crippen LogP contribution in [-0.4, -0.2) is 35.0 Å². The quantitative estimate of drug-likeness (QED) is 0.780. The zero-order chi connectivity index (χ0) is 11.4. The highest BCUT2D eigenvalue weighted by atomic mass is 16.3. The zero-order valence-electron chi connectivity index (χ0n) is 9.99. The number of anilines is 1. The Bertz CT molecular complexity index is 296. The standard InChI is InChI=1S/C11H21N3O/c1-5-9(15)7-14(4)11-6-10(8(2)3)12-13-11/h6,8-9,15H,5,7H2,1-4H3,(H,12,13)/t9-/m1/s1. The number of nitrogens with one attached hydrogen (secondary N) is 1. The third-order valence-electron chi connectivity index (χ3n) is 2.55. The molecule has 1 aromatic rings. The van der Waals surface area contributed by atoms with E-state index < -0.39 is 0 Å². The van der Waals surface area contributed by atoms with E-state index in [1.165, 1.54) is 0 Å². The summed E-state index contributed by atoms with van der Waals surface area (Å²) in [6, 6.07) is 2.03. The Labute approximate surface area is 91.3 Å². The first-order chi connectivity index (χ1) is 7.04. The largest absolute Gasteiger partial charge is 0.391 e. The van der Waals surface area contributed by atoms with Gasteiger partial charge in [-0.15, -0.1) is 0 Å². The second kappa shape index (κ2) is 5.16. The molecule has 0 spiro atoms. The summed E-state index contributed by atoms with van der Waals surface area (Å²) in [4.78, 5) is 1.97. The molecule has 86 valence electrons. The average molecular weight is 211 g/mol. The average Bonchev–Trinajstić information content (AvgIpc) is 2.66. The van der Waals surface area contributed by atoms with E-state index in [0.717, 1.165) is 17.9 Å². The van der Waals surface area contributed by atoms with Crippen LogP contribution in [0, 0.1) is 0 Å². The van der Waals surface area contributed by atoms with Gasteiger partial charge >= 0.3 is 0 Å². The molecule has 4 nitrogen and oxygen atoms in total. The number of likely N-dealkylation sites (N-methyl/N-ethyl adjacent to an activating group) is 1. The van der Waals surface area contributed by atoms with Crippen molar-refractivity contribution in [1.82, 2.24) is 10.2 Å². The predicted molar refractivity (Wildman–Crippen MR) is 62.2 cm³/mol. The number of H-pyrrole nitrogens is 1. The van der Waals surface area contributed by atoms with Crippen LogP contribution in [-0.2, 0) is 0 Å². The molecule has 1 atom stereocenters. The van der Waals surface area contributed by atoms with Crippen LogP contribution in [0.15, 0.2) is 6.07 Å². The zero-order valence-corrected chi connectivity index (χ0v) is 9.99. The molecule has 4 heteroatoms. The van der Waals surface area contributed by atoms with Crippen molar-refractivity contribution in [3.05, 3.63) is 11.8 Å². The fourth-order valence-electron chi connectivity index (χ4n) is 1.36. The molecule has 1 rings (SSSR count). The summed E-state index contributed by atoms with van der Waals surface area (Å²) in [6.45, 7) is 6.85. The summed E-state index contributed by atoms with van der Waals surface area (Å²) in [5.74, 6) is 1.35. The summed E-state index contributed by atoms with van der Waals surface area (Å²) in [5.41, 5.74) is 1.13. The van der Waals surface area contributed by atoms with Crippen LogP contribution in [0.2, 0.25) is 0 Å². The lowest BCUT2D eigenvalue weighted by Crippen LogP contribution is -2.28. The molecule has 0 aromatic carbocycles. The highest BCUT2D eigenvalue weighted by Crippen LogP contribution is 2.17. The molecule has 0 saturated heterocycles. The Morgan fingerprint density at radius 1 is 1.53 bits per heavy atom. The fraction of sp³-hybridized carbons (Fsp3) is 0.727. The number of hydrogen-bond donors (Lipinski definition) is 2. The summed E-state index contributed by atoms with van der Waals surface area (Å²) in [5, 5.41) is 16.7. The van der Waals surface area contributed by atoms with Crippen molar-refractivity contribution < 1.29 is 5.11 Å². The van der Waals surface area contributed by atoms with Crippen molar-refractivity contribution in [2.24, 2.45) is 0 Å². The minimum atomic E-state index is -0.283. The lowest BCUT2D eigenvalue weighted by Gasteiger charge is -2.18. The molecule has 1 aromatic heterocycles. The van der Waals surface area contributed by atoms with Crippen molar-refractivity contribution >= 4 is 5.82 Å². The predicted octanol–water partition coefficient (Wildman–Crippen LogP) is 1.74. The molecule has 0 aliphatic carbocycles. The van der Waals surface area contributed by atoms with Gasteiger partial charge in [-0.05, 0) is 12.3 Å². The van der Waals surface area contributed by atoms with E-state index in [0.29, 0.717) is 12.5 Å². The molecule has 0 amide bonds. The Hall–Kier alpha value is -1.03. The van der Waals surface area contributed by atoms with Gasteiger partial charge in [0, 0.05) is 25.4 Å². The van der Waals surface area contributed by atoms with Gasteiger partial charge in [0.15, 0.2) is 0 Å². The van der Waals surface area contributed by atoms with Gasteiger partial charge in [0.25, 0.3) is 0 Å². The van der Waals surface area contributed by atoms with E-state index in [9.17, 15) is 5.11 Å². The fourth-order valence-corrected chi connectivity index (χ4v) is 1.36. The van der Waals surface area contributed by atoms with Gasteiger partial charge in [-0.2, -0.15) is 5.10 Å². The van der Waals surface area contributed by atoms with Crippen LogP contribution >= 0.6 is 0 Å². The Morgan fingerprint density at radius 3 is 2.67 bits per heavy atom. The number of aromatic amines is 1. The smallest absolute Gasteiger partial charge is 0.150 e. The lowest BCUT2D eigenvalue weighted by molar-refractivity contribution is 0.177. The first-order valence-corrected chi connectivity index (χ1v) is 5.49. The number of hydrogen-bond acceptors (Lipinski definition) is 3. The monoisotopic (exact) mass is 211 g/mol. The van der Waals surface area contributed by atoms with Crippen LogP contribution in [0.25, 0.3) is 0 Å². The molecule has 0 unspecified atom stereocenters. The van der Waals surface area contributed by atoms with E-state index >= 15 is 0 Å². The molecule has 0 aliphatic rings. The SMILES string of the molecule is CC[C@@H](O)CN(C)c1cc(C(C)C)[nH]n1. The lowest BCUT2D eigenvalue weighted by atomic mass is 10.1. The summed E-state index contributed by atoms with van der Waals surface area (Å²) in [6.07, 6.45) is 0.486. The minimum Gasteiger partial charge on any atom is -0.391 e. The Balaban J connectivity index is 2.61. The summed E-state index contributed by atoms with van der Waals surface area (Å²) in [7, 11) is 1.94. The van der Waals surface area contributed by atoms with Crippen LogP contribution in [0.1, 0.15) is 38.8 Å². The van der Waals surface area contributed by atoms with Gasteiger partial charge in [0.05, 0.1) is 6.10 Å². The van der Waals surface area contributed by atoms with Crippen LogP contribution < -0.4 is 4.90 Å². The van der Waals surface area contributed by atoms with Gasteiger partial charge in [-0.1, -0.05) is 20.8 Å². The molecular weight excluding hydrogens is 190 g/mol. The number of aliphatic hydroxyl groups excluding tert-OH is 1. The van der Waals surface area contributed by atoms with Gasteiger partial charge in [0.1, 0.15) is 5.82 Å². The Kier molecular flexibility index (Phi) is 4.15. The third-order valence-corrected chi connectivity index (χ3v) is 2.55. The number of aromatic nitrogens is 2. The second-order valence-electron chi connectivity index (χ2n) is 4.28. The molecule has 0 aliphatic heterocycles. The molecule has 0 fully saturated rings. The van der Waals surface area contributed by atoms with Crippen molar-refractivity contribution in [3.63, 3.8) is 0 Å². The van der Waals surface area contributed by atoms with Crippen LogP contribution in [0.4, 0.5) is 5.82 Å². The van der Waals surface area contributed by atoms with Crippen molar-refractivity contribution in [3.8, 4) is 0 Å². The van der Waals surface area contributed by atoms with Gasteiger partial charge in [-0.3, -0.25) is 5.10 Å². The van der Waals surface area contributed by atoms with Crippen LogP contribution in [0.5, 0.6) is 0 Å². The van der Waals surface area contributed by atoms with E-state index in [1.54, 1.807) is 0 Å². The van der Waals surface area contributed by atoms with Crippen molar-refractivity contribution in [1.29, 1.82) is 0 Å². The molecule has 0 radical (unpaired) electrons. The molecule has 0 bridgehead atoms. The highest BCUT2D eigenvalue weighted by Gasteiger charge is 2.11. The van der Waals surface area contributed by atoms with Gasteiger partial charge < -0.3 is 10.0 Å². The molecule has 15 heavy (non-hydrogen) atoms. The Morgan fingerprint density at radius 2 is 2.20 bits per heavy atom. The topological polar surface area (TPSA) is 52.1 Å². The number of nitrogens with zero attached hydrogens (tertiary/aromatic N) is 2. The maximum atomic E-state index is 9.53. The van der Waals surface area contributed by atoms with Gasteiger partial charge in [-0.25, -0.2) is 0 Å².